The van der Waals surface area contributed by atoms with Gasteiger partial charge in [-0.25, -0.2) is 0 Å². The molecule has 0 aromatic heterocycles. The summed E-state index contributed by atoms with van der Waals surface area (Å²) in [6, 6.07) is 0.796. The zero-order valence-electron chi connectivity index (χ0n) is 12.7. The van der Waals surface area contributed by atoms with E-state index < -0.39 is 5.97 Å². The molecule has 0 aromatic rings. The maximum absolute atomic E-state index is 11.7. The van der Waals surface area contributed by atoms with Crippen LogP contribution >= 0.6 is 11.8 Å². The van der Waals surface area contributed by atoms with Crippen LogP contribution in [-0.2, 0) is 4.79 Å². The number of carboxylic acids is 1. The van der Waals surface area contributed by atoms with E-state index in [0.717, 1.165) is 18.6 Å². The summed E-state index contributed by atoms with van der Waals surface area (Å²) >= 11 is 2.02. The van der Waals surface area contributed by atoms with Crippen molar-refractivity contribution >= 4 is 17.7 Å². The minimum Gasteiger partial charge on any atom is -0.480 e. The van der Waals surface area contributed by atoms with Crippen molar-refractivity contribution in [2.75, 3.05) is 11.5 Å². The summed E-state index contributed by atoms with van der Waals surface area (Å²) in [6.45, 7) is 4.66. The van der Waals surface area contributed by atoms with Crippen molar-refractivity contribution in [2.45, 2.75) is 70.5 Å². The Hall–Kier alpha value is -0.220. The number of rotatable bonds is 2. The van der Waals surface area contributed by atoms with E-state index in [4.69, 9.17) is 0 Å². The fraction of sp³-hybridized carbons (Fsp3) is 0.938. The Labute approximate surface area is 126 Å². The van der Waals surface area contributed by atoms with Crippen LogP contribution < -0.4 is 0 Å². The van der Waals surface area contributed by atoms with E-state index in [9.17, 15) is 9.90 Å². The number of carboxylic acid groups (broad SMARTS) is 1. The van der Waals surface area contributed by atoms with Crippen LogP contribution in [0.15, 0.2) is 0 Å². The van der Waals surface area contributed by atoms with Gasteiger partial charge in [0.25, 0.3) is 0 Å². The lowest BCUT2D eigenvalue weighted by Gasteiger charge is -2.44. The zero-order valence-corrected chi connectivity index (χ0v) is 13.5. The van der Waals surface area contributed by atoms with E-state index in [2.05, 4.69) is 18.7 Å². The predicted molar refractivity (Wildman–Crippen MR) is 83.1 cm³/mol. The largest absolute Gasteiger partial charge is 0.480 e. The third-order valence-electron chi connectivity index (χ3n) is 5.44. The van der Waals surface area contributed by atoms with Crippen LogP contribution in [0.2, 0.25) is 0 Å². The molecule has 2 saturated heterocycles. The molecule has 4 atom stereocenters. The summed E-state index contributed by atoms with van der Waals surface area (Å²) in [7, 11) is 0. The molecule has 3 fully saturated rings. The van der Waals surface area contributed by atoms with Crippen LogP contribution in [0.3, 0.4) is 0 Å². The fourth-order valence-corrected chi connectivity index (χ4v) is 6.02. The molecule has 0 spiro atoms. The summed E-state index contributed by atoms with van der Waals surface area (Å²) in [5, 5.41) is 9.64. The standard InChI is InChI=1S/C16H27NO2S/c1-16(2)8-12(9-20-10-16)17-13-6-4-3-5-11(13)7-14(17)15(18)19/h11-14H,3-10H2,1-2H3,(H,18,19). The maximum Gasteiger partial charge on any atom is 0.320 e. The Balaban J connectivity index is 1.81. The van der Waals surface area contributed by atoms with Crippen LogP contribution in [0.1, 0.15) is 52.4 Å². The summed E-state index contributed by atoms with van der Waals surface area (Å²) in [4.78, 5) is 14.1. The Bertz CT molecular complexity index is 385. The number of aliphatic carboxylic acids is 1. The summed E-state index contributed by atoms with van der Waals surface area (Å²) in [6.07, 6.45) is 7.10. The quantitative estimate of drug-likeness (QED) is 0.849. The number of fused-ring (bicyclic) bond motifs is 1. The molecule has 1 saturated carbocycles. The van der Waals surface area contributed by atoms with Gasteiger partial charge in [-0.2, -0.15) is 11.8 Å². The number of hydrogen-bond acceptors (Lipinski definition) is 3. The van der Waals surface area contributed by atoms with Crippen LogP contribution in [0.4, 0.5) is 0 Å². The summed E-state index contributed by atoms with van der Waals surface area (Å²) in [5.74, 6) is 2.38. The predicted octanol–water partition coefficient (Wildman–Crippen LogP) is 3.24. The first-order valence-electron chi connectivity index (χ1n) is 8.06. The molecule has 1 N–H and O–H groups in total. The second kappa shape index (κ2) is 5.53. The van der Waals surface area contributed by atoms with Crippen molar-refractivity contribution in [3.8, 4) is 0 Å². The molecule has 0 aromatic carbocycles. The van der Waals surface area contributed by atoms with Gasteiger partial charge in [-0.3, -0.25) is 9.69 Å². The van der Waals surface area contributed by atoms with Crippen molar-refractivity contribution in [3.05, 3.63) is 0 Å². The molecule has 3 nitrogen and oxygen atoms in total. The lowest BCUT2D eigenvalue weighted by Crippen LogP contribution is -2.52. The highest BCUT2D eigenvalue weighted by molar-refractivity contribution is 7.99. The molecule has 114 valence electrons. The maximum atomic E-state index is 11.7. The van der Waals surface area contributed by atoms with Gasteiger partial charge in [0, 0.05) is 17.8 Å². The zero-order chi connectivity index (χ0) is 14.3. The molecule has 3 rings (SSSR count). The van der Waals surface area contributed by atoms with Gasteiger partial charge in [0.15, 0.2) is 0 Å². The molecular formula is C16H27NO2S. The number of likely N-dealkylation sites (tertiary alicyclic amines) is 1. The highest BCUT2D eigenvalue weighted by Crippen LogP contribution is 2.45. The number of carbonyl (C=O) groups is 1. The van der Waals surface area contributed by atoms with Gasteiger partial charge in [-0.1, -0.05) is 26.7 Å². The third kappa shape index (κ3) is 2.74. The van der Waals surface area contributed by atoms with Crippen LogP contribution in [0, 0.1) is 11.3 Å². The van der Waals surface area contributed by atoms with Gasteiger partial charge in [-0.05, 0) is 42.8 Å². The van der Waals surface area contributed by atoms with Crippen molar-refractivity contribution in [1.82, 2.24) is 4.90 Å². The van der Waals surface area contributed by atoms with Crippen LogP contribution in [0.25, 0.3) is 0 Å². The molecule has 3 aliphatic rings. The Morgan fingerprint density at radius 2 is 2.05 bits per heavy atom. The first-order chi connectivity index (χ1) is 9.48. The Kier molecular flexibility index (Phi) is 4.06. The fourth-order valence-electron chi connectivity index (χ4n) is 4.67. The summed E-state index contributed by atoms with van der Waals surface area (Å²) in [5.41, 5.74) is 0.351. The van der Waals surface area contributed by atoms with E-state index in [-0.39, 0.29) is 6.04 Å². The van der Waals surface area contributed by atoms with Crippen LogP contribution in [-0.4, -0.2) is 45.6 Å². The van der Waals surface area contributed by atoms with Gasteiger partial charge in [0.2, 0.25) is 0 Å². The van der Waals surface area contributed by atoms with E-state index in [1.54, 1.807) is 0 Å². The van der Waals surface area contributed by atoms with E-state index >= 15 is 0 Å². The van der Waals surface area contributed by atoms with E-state index in [0.29, 0.717) is 23.4 Å². The third-order valence-corrected chi connectivity index (χ3v) is 7.04. The Morgan fingerprint density at radius 1 is 1.30 bits per heavy atom. The Morgan fingerprint density at radius 3 is 2.75 bits per heavy atom. The normalized spacial score (nSPS) is 41.3. The average molecular weight is 297 g/mol. The second-order valence-corrected chi connectivity index (χ2v) is 8.72. The molecule has 0 amide bonds. The highest BCUT2D eigenvalue weighted by atomic mass is 32.2. The molecule has 20 heavy (non-hydrogen) atoms. The second-order valence-electron chi connectivity index (χ2n) is 7.69. The molecule has 0 radical (unpaired) electrons. The molecule has 1 aliphatic carbocycles. The molecule has 0 bridgehead atoms. The van der Waals surface area contributed by atoms with Gasteiger partial charge in [0.05, 0.1) is 0 Å². The lowest BCUT2D eigenvalue weighted by atomic mass is 9.83. The van der Waals surface area contributed by atoms with Crippen molar-refractivity contribution < 1.29 is 9.90 Å². The van der Waals surface area contributed by atoms with Gasteiger partial charge >= 0.3 is 5.97 Å². The molecule has 2 aliphatic heterocycles. The SMILES string of the molecule is CC1(C)CSCC(N2C(C(=O)O)CC3CCCCC32)C1. The van der Waals surface area contributed by atoms with E-state index in [1.807, 2.05) is 11.8 Å². The summed E-state index contributed by atoms with van der Waals surface area (Å²) < 4.78 is 0. The van der Waals surface area contributed by atoms with Crippen molar-refractivity contribution in [1.29, 1.82) is 0 Å². The minimum atomic E-state index is -0.590. The van der Waals surface area contributed by atoms with Gasteiger partial charge in [-0.15, -0.1) is 0 Å². The molecule has 4 heteroatoms. The molecular weight excluding hydrogens is 270 g/mol. The highest BCUT2D eigenvalue weighted by Gasteiger charge is 2.49. The van der Waals surface area contributed by atoms with Crippen molar-refractivity contribution in [3.63, 3.8) is 0 Å². The number of hydrogen-bond donors (Lipinski definition) is 1. The topological polar surface area (TPSA) is 40.5 Å². The van der Waals surface area contributed by atoms with Gasteiger partial charge in [0.1, 0.15) is 6.04 Å². The first kappa shape index (κ1) is 14.7. The first-order valence-corrected chi connectivity index (χ1v) is 9.21. The smallest absolute Gasteiger partial charge is 0.320 e. The van der Waals surface area contributed by atoms with Gasteiger partial charge < -0.3 is 5.11 Å². The minimum absolute atomic E-state index is 0.220. The molecule has 2 heterocycles. The number of thioether (sulfide) groups is 1. The molecule has 4 unspecified atom stereocenters. The average Bonchev–Trinajstić information content (AvgIpc) is 2.77. The van der Waals surface area contributed by atoms with Crippen molar-refractivity contribution in [2.24, 2.45) is 11.3 Å². The monoisotopic (exact) mass is 297 g/mol. The van der Waals surface area contributed by atoms with E-state index in [1.165, 1.54) is 31.4 Å². The number of nitrogens with zero attached hydrogens (tertiary/aromatic N) is 1. The lowest BCUT2D eigenvalue weighted by molar-refractivity contribution is -0.143. The van der Waals surface area contributed by atoms with Crippen LogP contribution in [0.5, 0.6) is 0 Å².